The minimum atomic E-state index is -0.267. The maximum Gasteiger partial charge on any atom is 0.220 e. The Kier molecular flexibility index (Phi) is 4.34. The number of carbonyl (C=O) groups excluding carboxylic acids is 1. The van der Waals surface area contributed by atoms with Crippen molar-refractivity contribution in [2.75, 3.05) is 0 Å². The van der Waals surface area contributed by atoms with E-state index in [0.717, 1.165) is 11.5 Å². The minimum Gasteiger partial charge on any atom is -0.465 e. The fourth-order valence-corrected chi connectivity index (χ4v) is 1.80. The number of benzene rings is 1. The number of halogens is 1. The summed E-state index contributed by atoms with van der Waals surface area (Å²) in [5.41, 5.74) is 0.562. The van der Waals surface area contributed by atoms with E-state index in [1.54, 1.807) is 18.2 Å². The number of aryl methyl sites for hydroxylation is 2. The molecule has 0 spiro atoms. The lowest BCUT2D eigenvalue weighted by molar-refractivity contribution is -0.121. The molecule has 0 radical (unpaired) electrons. The summed E-state index contributed by atoms with van der Waals surface area (Å²) < 4.78 is 18.7. The van der Waals surface area contributed by atoms with E-state index >= 15 is 0 Å². The molecule has 0 saturated carbocycles. The second kappa shape index (κ2) is 6.18. The molecule has 0 aliphatic rings. The minimum absolute atomic E-state index is 0.114. The summed E-state index contributed by atoms with van der Waals surface area (Å²) in [7, 11) is 0. The highest BCUT2D eigenvalue weighted by Gasteiger charge is 2.06. The summed E-state index contributed by atoms with van der Waals surface area (Å²) in [5, 5.41) is 2.75. The van der Waals surface area contributed by atoms with E-state index in [1.165, 1.54) is 6.07 Å². The van der Waals surface area contributed by atoms with Crippen molar-refractivity contribution in [3.05, 3.63) is 59.3 Å². The third-order valence-electron chi connectivity index (χ3n) is 2.84. The molecule has 1 aromatic heterocycles. The predicted octanol–water partition coefficient (Wildman–Crippen LogP) is 2.98. The Morgan fingerprint density at radius 1 is 1.26 bits per heavy atom. The van der Waals surface area contributed by atoms with Gasteiger partial charge in [0.25, 0.3) is 0 Å². The van der Waals surface area contributed by atoms with Gasteiger partial charge in [0.15, 0.2) is 0 Å². The number of hydrogen-bond acceptors (Lipinski definition) is 2. The molecule has 1 aromatic carbocycles. The molecule has 0 fully saturated rings. The molecule has 0 unspecified atom stereocenters. The van der Waals surface area contributed by atoms with Crippen LogP contribution in [0, 0.1) is 12.7 Å². The molecule has 2 rings (SSSR count). The van der Waals surface area contributed by atoms with E-state index < -0.39 is 0 Å². The fraction of sp³-hybridized carbons (Fsp3) is 0.267. The molecule has 1 N–H and O–H groups in total. The number of furan rings is 1. The van der Waals surface area contributed by atoms with E-state index in [2.05, 4.69) is 5.32 Å². The summed E-state index contributed by atoms with van der Waals surface area (Å²) in [6, 6.07) is 10.2. The van der Waals surface area contributed by atoms with Crippen LogP contribution in [0.15, 0.2) is 40.8 Å². The van der Waals surface area contributed by atoms with Crippen LogP contribution in [0.5, 0.6) is 0 Å². The monoisotopic (exact) mass is 261 g/mol. The van der Waals surface area contributed by atoms with Crippen LogP contribution < -0.4 is 5.32 Å². The molecule has 0 aliphatic carbocycles. The van der Waals surface area contributed by atoms with E-state index in [9.17, 15) is 9.18 Å². The van der Waals surface area contributed by atoms with Crippen LogP contribution in [0.2, 0.25) is 0 Å². The molecule has 3 nitrogen and oxygen atoms in total. The predicted molar refractivity (Wildman–Crippen MR) is 70.0 cm³/mol. The molecule has 1 heterocycles. The highest BCUT2D eigenvalue weighted by molar-refractivity contribution is 5.76. The average molecular weight is 261 g/mol. The van der Waals surface area contributed by atoms with Gasteiger partial charge in [0.2, 0.25) is 5.91 Å². The van der Waals surface area contributed by atoms with Crippen LogP contribution >= 0.6 is 0 Å². The number of carbonyl (C=O) groups is 1. The van der Waals surface area contributed by atoms with Crippen molar-refractivity contribution in [3.8, 4) is 0 Å². The number of hydrogen-bond donors (Lipinski definition) is 1. The first-order valence-electron chi connectivity index (χ1n) is 6.20. The first-order valence-corrected chi connectivity index (χ1v) is 6.20. The van der Waals surface area contributed by atoms with Gasteiger partial charge in [0.05, 0.1) is 6.54 Å². The zero-order valence-corrected chi connectivity index (χ0v) is 10.8. The number of nitrogens with one attached hydrogen (secondary N) is 1. The van der Waals surface area contributed by atoms with Gasteiger partial charge in [0, 0.05) is 6.42 Å². The van der Waals surface area contributed by atoms with Gasteiger partial charge in [-0.15, -0.1) is 0 Å². The average Bonchev–Trinajstić information content (AvgIpc) is 2.81. The lowest BCUT2D eigenvalue weighted by atomic mass is 10.1. The van der Waals surface area contributed by atoms with E-state index in [4.69, 9.17) is 4.42 Å². The zero-order valence-electron chi connectivity index (χ0n) is 10.8. The highest BCUT2D eigenvalue weighted by atomic mass is 19.1. The fourth-order valence-electron chi connectivity index (χ4n) is 1.80. The molecule has 0 atom stereocenters. The van der Waals surface area contributed by atoms with E-state index in [1.807, 2.05) is 19.1 Å². The number of rotatable bonds is 5. The van der Waals surface area contributed by atoms with Crippen molar-refractivity contribution in [1.29, 1.82) is 0 Å². The van der Waals surface area contributed by atoms with Crippen molar-refractivity contribution in [2.45, 2.75) is 26.3 Å². The van der Waals surface area contributed by atoms with Crippen molar-refractivity contribution in [2.24, 2.45) is 0 Å². The summed E-state index contributed by atoms with van der Waals surface area (Å²) in [4.78, 5) is 11.6. The quantitative estimate of drug-likeness (QED) is 0.899. The Hall–Kier alpha value is -2.10. The first-order chi connectivity index (χ1) is 9.15. The maximum absolute atomic E-state index is 13.3. The lowest BCUT2D eigenvalue weighted by Crippen LogP contribution is -2.22. The van der Waals surface area contributed by atoms with Gasteiger partial charge >= 0.3 is 0 Å². The second-order valence-corrected chi connectivity index (χ2v) is 4.38. The number of amides is 1. The van der Waals surface area contributed by atoms with Gasteiger partial charge in [-0.05, 0) is 37.1 Å². The Bertz CT molecular complexity index is 563. The molecule has 19 heavy (non-hydrogen) atoms. The summed E-state index contributed by atoms with van der Waals surface area (Å²) in [5.74, 6) is 1.15. The van der Waals surface area contributed by atoms with Crippen LogP contribution in [0.1, 0.15) is 23.5 Å². The van der Waals surface area contributed by atoms with Gasteiger partial charge in [0.1, 0.15) is 17.3 Å². The summed E-state index contributed by atoms with van der Waals surface area (Å²) >= 11 is 0. The van der Waals surface area contributed by atoms with E-state index in [-0.39, 0.29) is 18.1 Å². The van der Waals surface area contributed by atoms with Crippen LogP contribution in [-0.4, -0.2) is 5.91 Å². The highest BCUT2D eigenvalue weighted by Crippen LogP contribution is 2.09. The zero-order chi connectivity index (χ0) is 13.7. The Balaban J connectivity index is 1.77. The molecule has 0 saturated heterocycles. The van der Waals surface area contributed by atoms with Crippen molar-refractivity contribution >= 4 is 5.91 Å². The Morgan fingerprint density at radius 3 is 2.74 bits per heavy atom. The van der Waals surface area contributed by atoms with Crippen LogP contribution in [-0.2, 0) is 17.8 Å². The van der Waals surface area contributed by atoms with Gasteiger partial charge in [-0.25, -0.2) is 4.39 Å². The SMILES string of the molecule is Cc1ccc(CNC(=O)CCc2ccccc2F)o1. The van der Waals surface area contributed by atoms with Gasteiger partial charge in [-0.2, -0.15) is 0 Å². The molecule has 2 aromatic rings. The normalized spacial score (nSPS) is 10.4. The smallest absolute Gasteiger partial charge is 0.220 e. The van der Waals surface area contributed by atoms with Gasteiger partial charge in [-0.3, -0.25) is 4.79 Å². The van der Waals surface area contributed by atoms with Gasteiger partial charge in [-0.1, -0.05) is 18.2 Å². The molecule has 100 valence electrons. The van der Waals surface area contributed by atoms with Crippen molar-refractivity contribution in [1.82, 2.24) is 5.32 Å². The molecule has 0 aliphatic heterocycles. The topological polar surface area (TPSA) is 42.2 Å². The summed E-state index contributed by atoms with van der Waals surface area (Å²) in [6.45, 7) is 2.22. The van der Waals surface area contributed by atoms with Crippen molar-refractivity contribution in [3.63, 3.8) is 0 Å². The Morgan fingerprint density at radius 2 is 2.05 bits per heavy atom. The van der Waals surface area contributed by atoms with Crippen LogP contribution in [0.25, 0.3) is 0 Å². The molecule has 0 bridgehead atoms. The summed E-state index contributed by atoms with van der Waals surface area (Å²) in [6.07, 6.45) is 0.663. The largest absolute Gasteiger partial charge is 0.465 e. The van der Waals surface area contributed by atoms with Crippen molar-refractivity contribution < 1.29 is 13.6 Å². The third-order valence-corrected chi connectivity index (χ3v) is 2.84. The Labute approximate surface area is 111 Å². The maximum atomic E-state index is 13.3. The second-order valence-electron chi connectivity index (χ2n) is 4.38. The van der Waals surface area contributed by atoms with Crippen LogP contribution in [0.3, 0.4) is 0 Å². The molecule has 1 amide bonds. The van der Waals surface area contributed by atoms with E-state index in [0.29, 0.717) is 18.5 Å². The first kappa shape index (κ1) is 13.3. The van der Waals surface area contributed by atoms with Crippen LogP contribution in [0.4, 0.5) is 4.39 Å². The molecular weight excluding hydrogens is 245 g/mol. The third kappa shape index (κ3) is 3.95. The molecular formula is C15H16FNO2. The standard InChI is InChI=1S/C15H16FNO2/c1-11-6-8-13(19-11)10-17-15(18)9-7-12-4-2-3-5-14(12)16/h2-6,8H,7,9-10H2,1H3,(H,17,18). The lowest BCUT2D eigenvalue weighted by Gasteiger charge is -2.04. The van der Waals surface area contributed by atoms with Gasteiger partial charge < -0.3 is 9.73 Å². The molecule has 4 heteroatoms.